The minimum absolute atomic E-state index is 0.0315. The average Bonchev–Trinajstić information content (AvgIpc) is 2.63. The molecule has 9 heteroatoms. The molecule has 9 nitrogen and oxygen atoms in total. The predicted octanol–water partition coefficient (Wildman–Crippen LogP) is -4.60. The second-order valence-electron chi connectivity index (χ2n) is 4.63. The van der Waals surface area contributed by atoms with E-state index in [1.54, 1.807) is 0 Å². The Kier molecular flexibility index (Phi) is 3.74. The molecule has 0 aromatic heterocycles. The maximum Gasteiger partial charge on any atom is 0.314 e. The average molecular weight is 275 g/mol. The summed E-state index contributed by atoms with van der Waals surface area (Å²) in [6, 6.07) is -1.14. The molecule has 0 saturated carbocycles. The minimum atomic E-state index is -1.56. The normalized spacial score (nSPS) is 38.9. The highest BCUT2D eigenvalue weighted by Gasteiger charge is 2.58. The Morgan fingerprint density at radius 3 is 2.21 bits per heavy atom. The quantitative estimate of drug-likeness (QED) is 0.325. The maximum atomic E-state index is 11.9. The third-order valence-corrected chi connectivity index (χ3v) is 3.60. The van der Waals surface area contributed by atoms with Crippen LogP contribution in [0.4, 0.5) is 0 Å². The number of amides is 2. The molecule has 0 radical (unpaired) electrons. The van der Waals surface area contributed by atoms with Gasteiger partial charge in [-0.15, -0.1) is 0 Å². The molecule has 2 aliphatic rings. The summed E-state index contributed by atoms with van der Waals surface area (Å²) in [6.07, 6.45) is -5.71. The molecule has 6 N–H and O–H groups in total. The van der Waals surface area contributed by atoms with Crippen molar-refractivity contribution in [3.63, 3.8) is 0 Å². The van der Waals surface area contributed by atoms with Gasteiger partial charge in [0, 0.05) is 13.1 Å². The first-order chi connectivity index (χ1) is 8.95. The number of rotatable bonds is 3. The van der Waals surface area contributed by atoms with Crippen molar-refractivity contribution >= 4 is 11.8 Å². The van der Waals surface area contributed by atoms with Crippen LogP contribution in [0, 0.1) is 0 Å². The summed E-state index contributed by atoms with van der Waals surface area (Å²) in [5, 5.41) is 38.7. The molecular formula is C10H17N3O6. The van der Waals surface area contributed by atoms with E-state index < -0.39 is 48.9 Å². The van der Waals surface area contributed by atoms with Gasteiger partial charge in [0.1, 0.15) is 24.5 Å². The zero-order valence-corrected chi connectivity index (χ0v) is 10.1. The molecule has 2 rings (SSSR count). The fourth-order valence-corrected chi connectivity index (χ4v) is 2.66. The number of aliphatic hydroxyl groups excluding tert-OH is 4. The molecule has 0 unspecified atom stereocenters. The lowest BCUT2D eigenvalue weighted by Crippen LogP contribution is -2.68. The van der Waals surface area contributed by atoms with E-state index in [0.29, 0.717) is 0 Å². The van der Waals surface area contributed by atoms with Gasteiger partial charge in [0.25, 0.3) is 0 Å². The Balaban J connectivity index is 2.39. The molecule has 0 aromatic rings. The number of nitrogens with two attached hydrogens (primary N) is 1. The van der Waals surface area contributed by atoms with Crippen LogP contribution in [0.25, 0.3) is 0 Å². The number of nitrogens with zero attached hydrogens (tertiary/aromatic N) is 2. The third kappa shape index (κ3) is 1.90. The lowest BCUT2D eigenvalue weighted by Gasteiger charge is -2.46. The molecule has 2 aliphatic heterocycles. The Labute approximate surface area is 108 Å². The fourth-order valence-electron chi connectivity index (χ4n) is 2.66. The highest BCUT2D eigenvalue weighted by molar-refractivity contribution is 6.37. The second-order valence-corrected chi connectivity index (χ2v) is 4.63. The number of aliphatic hydroxyl groups is 4. The smallest absolute Gasteiger partial charge is 0.314 e. The summed E-state index contributed by atoms with van der Waals surface area (Å²) >= 11 is 0. The number of carbonyl (C=O) groups excluding carboxylic acids is 2. The zero-order chi connectivity index (χ0) is 14.3. The molecule has 0 aliphatic carbocycles. The van der Waals surface area contributed by atoms with Crippen molar-refractivity contribution in [2.24, 2.45) is 5.73 Å². The third-order valence-electron chi connectivity index (χ3n) is 3.60. The molecule has 19 heavy (non-hydrogen) atoms. The van der Waals surface area contributed by atoms with Gasteiger partial charge in [-0.1, -0.05) is 0 Å². The monoisotopic (exact) mass is 275 g/mol. The van der Waals surface area contributed by atoms with E-state index in [2.05, 4.69) is 0 Å². The van der Waals surface area contributed by atoms with Gasteiger partial charge < -0.3 is 36.0 Å². The largest absolute Gasteiger partial charge is 0.394 e. The van der Waals surface area contributed by atoms with E-state index in [1.165, 1.54) is 0 Å². The van der Waals surface area contributed by atoms with Gasteiger partial charge >= 0.3 is 11.8 Å². The summed E-state index contributed by atoms with van der Waals surface area (Å²) in [5.41, 5.74) is 5.35. The molecule has 2 heterocycles. The topological polar surface area (TPSA) is 148 Å². The van der Waals surface area contributed by atoms with Crippen molar-refractivity contribution in [1.29, 1.82) is 0 Å². The van der Waals surface area contributed by atoms with Gasteiger partial charge in [0.15, 0.2) is 0 Å². The maximum absolute atomic E-state index is 11.9. The number of hydrogen-bond acceptors (Lipinski definition) is 7. The van der Waals surface area contributed by atoms with Crippen molar-refractivity contribution in [2.45, 2.75) is 30.5 Å². The van der Waals surface area contributed by atoms with E-state index >= 15 is 0 Å². The first-order valence-electron chi connectivity index (χ1n) is 5.94. The van der Waals surface area contributed by atoms with E-state index in [-0.39, 0.29) is 13.1 Å². The highest BCUT2D eigenvalue weighted by Crippen LogP contribution is 2.31. The van der Waals surface area contributed by atoms with E-state index in [4.69, 9.17) is 5.73 Å². The van der Waals surface area contributed by atoms with E-state index in [9.17, 15) is 30.0 Å². The van der Waals surface area contributed by atoms with Crippen LogP contribution in [0.1, 0.15) is 0 Å². The second kappa shape index (κ2) is 5.02. The first kappa shape index (κ1) is 14.2. The van der Waals surface area contributed by atoms with Crippen molar-refractivity contribution in [1.82, 2.24) is 9.80 Å². The van der Waals surface area contributed by atoms with E-state index in [1.807, 2.05) is 0 Å². The van der Waals surface area contributed by atoms with Gasteiger partial charge in [0.05, 0.1) is 12.6 Å². The van der Waals surface area contributed by atoms with Gasteiger partial charge in [-0.05, 0) is 0 Å². The summed E-state index contributed by atoms with van der Waals surface area (Å²) in [7, 11) is 0. The first-order valence-corrected chi connectivity index (χ1v) is 5.94. The Hall–Kier alpha value is -1.26. The summed E-state index contributed by atoms with van der Waals surface area (Å²) < 4.78 is 0. The van der Waals surface area contributed by atoms with E-state index in [0.717, 1.165) is 9.80 Å². The van der Waals surface area contributed by atoms with Crippen LogP contribution >= 0.6 is 0 Å². The van der Waals surface area contributed by atoms with Crippen molar-refractivity contribution in [2.75, 3.05) is 19.7 Å². The fraction of sp³-hybridized carbons (Fsp3) is 0.800. The highest BCUT2D eigenvalue weighted by atomic mass is 16.4. The number of hydrogen-bond donors (Lipinski definition) is 5. The van der Waals surface area contributed by atoms with Crippen molar-refractivity contribution in [3.8, 4) is 0 Å². The van der Waals surface area contributed by atoms with Crippen LogP contribution in [0.3, 0.4) is 0 Å². The molecule has 0 bridgehead atoms. The van der Waals surface area contributed by atoms with Crippen molar-refractivity contribution < 1.29 is 30.0 Å². The number of fused-ring (bicyclic) bond motifs is 1. The lowest BCUT2D eigenvalue weighted by molar-refractivity contribution is -0.186. The SMILES string of the molecule is NCCN1C(=O)C(=O)N2[C@H](CO)[C@@H](O)[C@H](O)[C@H](O)[C@@H]12. The van der Waals surface area contributed by atoms with Crippen LogP contribution in [-0.4, -0.2) is 92.3 Å². The number of carbonyl (C=O) groups is 2. The van der Waals surface area contributed by atoms with Crippen LogP contribution in [0.5, 0.6) is 0 Å². The summed E-state index contributed by atoms with van der Waals surface area (Å²) in [4.78, 5) is 25.6. The molecule has 2 fully saturated rings. The summed E-state index contributed by atoms with van der Waals surface area (Å²) in [6.45, 7) is -0.515. The Bertz CT molecular complexity index is 391. The predicted molar refractivity (Wildman–Crippen MR) is 60.3 cm³/mol. The summed E-state index contributed by atoms with van der Waals surface area (Å²) in [5.74, 6) is -1.79. The molecular weight excluding hydrogens is 258 g/mol. The Morgan fingerprint density at radius 1 is 1.05 bits per heavy atom. The molecule has 2 amide bonds. The van der Waals surface area contributed by atoms with Gasteiger partial charge in [0.2, 0.25) is 0 Å². The van der Waals surface area contributed by atoms with Gasteiger partial charge in [-0.25, -0.2) is 0 Å². The van der Waals surface area contributed by atoms with Crippen LogP contribution in [0.2, 0.25) is 0 Å². The van der Waals surface area contributed by atoms with Crippen LogP contribution in [0.15, 0.2) is 0 Å². The van der Waals surface area contributed by atoms with Crippen molar-refractivity contribution in [3.05, 3.63) is 0 Å². The Morgan fingerprint density at radius 2 is 1.68 bits per heavy atom. The van der Waals surface area contributed by atoms with Gasteiger partial charge in [-0.3, -0.25) is 9.59 Å². The minimum Gasteiger partial charge on any atom is -0.394 e. The molecule has 2 saturated heterocycles. The zero-order valence-electron chi connectivity index (χ0n) is 10.1. The van der Waals surface area contributed by atoms with Gasteiger partial charge in [-0.2, -0.15) is 0 Å². The molecule has 0 spiro atoms. The standard InChI is InChI=1S/C10H17N3O6/c11-1-2-12-8-7(17)6(16)5(15)4(3-14)13(8)10(19)9(12)18/h4-8,14-17H,1-3,11H2/t4-,5-,6+,7+,8+/m1/s1. The van der Waals surface area contributed by atoms with Crippen LogP contribution < -0.4 is 5.73 Å². The number of piperidine rings is 1. The lowest BCUT2D eigenvalue weighted by atomic mass is 9.92. The molecule has 5 atom stereocenters. The molecule has 108 valence electrons. The molecule has 0 aromatic carbocycles. The van der Waals surface area contributed by atoms with Crippen LogP contribution in [-0.2, 0) is 9.59 Å².